The van der Waals surface area contributed by atoms with Crippen molar-refractivity contribution < 1.29 is 10.2 Å². The number of pyridine rings is 1. The largest absolute Gasteiger partial charge is 0.505 e. The van der Waals surface area contributed by atoms with Crippen LogP contribution in [0, 0.1) is 6.92 Å². The van der Waals surface area contributed by atoms with Crippen LogP contribution in [0.1, 0.15) is 16.8 Å². The molecule has 0 atom stereocenters. The molecule has 3 N–H and O–H groups in total. The molecule has 1 heterocycles. The molecule has 0 amide bonds. The molecule has 0 aliphatic rings. The van der Waals surface area contributed by atoms with E-state index in [0.717, 1.165) is 5.69 Å². The molecule has 5 nitrogen and oxygen atoms in total. The van der Waals surface area contributed by atoms with Crippen molar-refractivity contribution in [2.45, 2.75) is 13.5 Å². The van der Waals surface area contributed by atoms with Crippen molar-refractivity contribution in [3.63, 3.8) is 0 Å². The summed E-state index contributed by atoms with van der Waals surface area (Å²) in [6, 6.07) is 7.10. The summed E-state index contributed by atoms with van der Waals surface area (Å²) in [7, 11) is 0. The Morgan fingerprint density at radius 3 is 2.95 bits per heavy atom. The molecule has 0 aliphatic heterocycles. The Morgan fingerprint density at radius 2 is 2.25 bits per heavy atom. The molecule has 1 aromatic carbocycles. The maximum atomic E-state index is 9.94. The van der Waals surface area contributed by atoms with E-state index in [0.29, 0.717) is 21.8 Å². The van der Waals surface area contributed by atoms with Crippen molar-refractivity contribution >= 4 is 23.5 Å². The van der Waals surface area contributed by atoms with Crippen molar-refractivity contribution in [1.29, 1.82) is 0 Å². The van der Waals surface area contributed by atoms with Gasteiger partial charge in [0.1, 0.15) is 5.75 Å². The van der Waals surface area contributed by atoms with Crippen LogP contribution in [-0.4, -0.2) is 21.4 Å². The Kier molecular flexibility index (Phi) is 4.55. The predicted molar refractivity (Wildman–Crippen MR) is 79.2 cm³/mol. The van der Waals surface area contributed by atoms with Gasteiger partial charge in [0.2, 0.25) is 0 Å². The molecule has 0 saturated carbocycles. The fraction of sp³-hybridized carbons (Fsp3) is 0.143. The Labute approximate surface area is 121 Å². The van der Waals surface area contributed by atoms with E-state index >= 15 is 0 Å². The molecule has 0 unspecified atom stereocenters. The van der Waals surface area contributed by atoms with Crippen LogP contribution in [-0.2, 0) is 6.61 Å². The summed E-state index contributed by atoms with van der Waals surface area (Å²) in [5.74, 6) is 0.00759. The number of hydrazone groups is 1. The minimum atomic E-state index is -0.223. The number of benzene rings is 1. The first kappa shape index (κ1) is 14.3. The molecule has 0 spiro atoms. The number of nitrogens with zero attached hydrogens (tertiary/aromatic N) is 2. The Balaban J connectivity index is 2.21. The fourth-order valence-corrected chi connectivity index (χ4v) is 1.84. The average Bonchev–Trinajstić information content (AvgIpc) is 2.44. The first-order valence-corrected chi connectivity index (χ1v) is 6.32. The van der Waals surface area contributed by atoms with Gasteiger partial charge in [0.15, 0.2) is 0 Å². The molecule has 1 aromatic heterocycles. The third-order valence-electron chi connectivity index (χ3n) is 2.74. The van der Waals surface area contributed by atoms with Crippen LogP contribution in [0.25, 0.3) is 0 Å². The van der Waals surface area contributed by atoms with Crippen LogP contribution >= 0.6 is 11.6 Å². The first-order chi connectivity index (χ1) is 9.61. The van der Waals surface area contributed by atoms with E-state index in [4.69, 9.17) is 11.6 Å². The molecule has 6 heteroatoms. The van der Waals surface area contributed by atoms with Crippen LogP contribution in [0.5, 0.6) is 5.75 Å². The van der Waals surface area contributed by atoms with Gasteiger partial charge in [0.05, 0.1) is 24.2 Å². The topological polar surface area (TPSA) is 77.7 Å². The van der Waals surface area contributed by atoms with Crippen molar-refractivity contribution in [3.05, 3.63) is 52.3 Å². The normalized spacial score (nSPS) is 10.9. The zero-order valence-corrected chi connectivity index (χ0v) is 11.6. The molecule has 0 aliphatic carbocycles. The van der Waals surface area contributed by atoms with E-state index in [1.54, 1.807) is 25.1 Å². The predicted octanol–water partition coefficient (Wildman–Crippen LogP) is 2.69. The Bertz CT molecular complexity index is 644. The molecular formula is C14H14ClN3O2. The number of aliphatic hydroxyl groups excluding tert-OH is 1. The van der Waals surface area contributed by atoms with Gasteiger partial charge in [-0.05, 0) is 25.1 Å². The summed E-state index contributed by atoms with van der Waals surface area (Å²) in [6.07, 6.45) is 2.95. The number of halogens is 1. The third kappa shape index (κ3) is 3.26. The quantitative estimate of drug-likeness (QED) is 0.598. The van der Waals surface area contributed by atoms with Gasteiger partial charge in [-0.15, -0.1) is 0 Å². The van der Waals surface area contributed by atoms with Gasteiger partial charge in [0.25, 0.3) is 0 Å². The van der Waals surface area contributed by atoms with Gasteiger partial charge in [-0.25, -0.2) is 0 Å². The number of nitrogens with one attached hydrogen (secondary N) is 1. The van der Waals surface area contributed by atoms with Crippen LogP contribution in [0.2, 0.25) is 5.02 Å². The highest BCUT2D eigenvalue weighted by Gasteiger charge is 2.09. The fourth-order valence-electron chi connectivity index (χ4n) is 1.65. The second kappa shape index (κ2) is 6.36. The number of aryl methyl sites for hydroxylation is 1. The minimum Gasteiger partial charge on any atom is -0.505 e. The Morgan fingerprint density at radius 1 is 1.45 bits per heavy atom. The number of rotatable bonds is 4. The van der Waals surface area contributed by atoms with E-state index in [9.17, 15) is 10.2 Å². The Hall–Kier alpha value is -2.11. The highest BCUT2D eigenvalue weighted by molar-refractivity contribution is 6.30. The summed E-state index contributed by atoms with van der Waals surface area (Å²) in [6.45, 7) is 1.46. The highest BCUT2D eigenvalue weighted by atomic mass is 35.5. The molecular weight excluding hydrogens is 278 g/mol. The van der Waals surface area contributed by atoms with Gasteiger partial charge < -0.3 is 10.2 Å². The minimum absolute atomic E-state index is 0.00759. The van der Waals surface area contributed by atoms with E-state index in [1.807, 2.05) is 6.07 Å². The van der Waals surface area contributed by atoms with Crippen LogP contribution in [0.4, 0.5) is 5.69 Å². The number of aromatic hydroxyl groups is 1. The number of anilines is 1. The van der Waals surface area contributed by atoms with E-state index < -0.39 is 0 Å². The molecule has 0 saturated heterocycles. The summed E-state index contributed by atoms with van der Waals surface area (Å²) >= 11 is 5.86. The number of hydrogen-bond acceptors (Lipinski definition) is 5. The summed E-state index contributed by atoms with van der Waals surface area (Å²) < 4.78 is 0. The monoisotopic (exact) mass is 291 g/mol. The second-order valence-electron chi connectivity index (χ2n) is 4.17. The zero-order chi connectivity index (χ0) is 14.5. The lowest BCUT2D eigenvalue weighted by atomic mass is 10.1. The van der Waals surface area contributed by atoms with Crippen molar-refractivity contribution in [3.8, 4) is 5.75 Å². The molecule has 2 rings (SSSR count). The van der Waals surface area contributed by atoms with Crippen molar-refractivity contribution in [2.75, 3.05) is 5.43 Å². The van der Waals surface area contributed by atoms with Gasteiger partial charge in [0, 0.05) is 22.3 Å². The molecule has 0 radical (unpaired) electrons. The standard InChI is InChI=1S/C14H14ClN3O2/c1-9-14(20)13(10(8-19)6-16-9)7-17-18-12-4-2-3-11(15)5-12/h2-7,18-20H,8H2,1H3/b17-7+. The summed E-state index contributed by atoms with van der Waals surface area (Å²) in [4.78, 5) is 3.98. The smallest absolute Gasteiger partial charge is 0.145 e. The highest BCUT2D eigenvalue weighted by Crippen LogP contribution is 2.22. The first-order valence-electron chi connectivity index (χ1n) is 5.94. The third-order valence-corrected chi connectivity index (χ3v) is 2.98. The molecule has 2 aromatic rings. The van der Waals surface area contributed by atoms with E-state index in [2.05, 4.69) is 15.5 Å². The lowest BCUT2D eigenvalue weighted by molar-refractivity contribution is 0.280. The average molecular weight is 292 g/mol. The molecule has 104 valence electrons. The van der Waals surface area contributed by atoms with Crippen LogP contribution in [0.15, 0.2) is 35.6 Å². The maximum Gasteiger partial charge on any atom is 0.145 e. The summed E-state index contributed by atoms with van der Waals surface area (Å²) in [5, 5.41) is 23.8. The van der Waals surface area contributed by atoms with E-state index in [-0.39, 0.29) is 12.4 Å². The van der Waals surface area contributed by atoms with Crippen LogP contribution in [0.3, 0.4) is 0 Å². The van der Waals surface area contributed by atoms with Crippen molar-refractivity contribution in [1.82, 2.24) is 4.98 Å². The summed E-state index contributed by atoms with van der Waals surface area (Å²) in [5.41, 5.74) is 4.95. The molecule has 20 heavy (non-hydrogen) atoms. The number of aliphatic hydroxyl groups is 1. The molecule has 0 bridgehead atoms. The van der Waals surface area contributed by atoms with E-state index in [1.165, 1.54) is 12.4 Å². The number of aromatic nitrogens is 1. The maximum absolute atomic E-state index is 9.94. The lowest BCUT2D eigenvalue weighted by Crippen LogP contribution is -1.99. The van der Waals surface area contributed by atoms with Gasteiger partial charge in [-0.1, -0.05) is 17.7 Å². The zero-order valence-electron chi connectivity index (χ0n) is 10.8. The van der Waals surface area contributed by atoms with Gasteiger partial charge in [-0.2, -0.15) is 5.10 Å². The lowest BCUT2D eigenvalue weighted by Gasteiger charge is -2.07. The SMILES string of the molecule is Cc1ncc(CO)c(/C=N/Nc2cccc(Cl)c2)c1O. The van der Waals surface area contributed by atoms with Crippen molar-refractivity contribution in [2.24, 2.45) is 5.10 Å². The number of hydrogen-bond donors (Lipinski definition) is 3. The molecule has 0 fully saturated rings. The van der Waals surface area contributed by atoms with Gasteiger partial charge in [-0.3, -0.25) is 10.4 Å². The van der Waals surface area contributed by atoms with Crippen LogP contribution < -0.4 is 5.43 Å². The van der Waals surface area contributed by atoms with Gasteiger partial charge >= 0.3 is 0 Å². The second-order valence-corrected chi connectivity index (χ2v) is 4.61.